The summed E-state index contributed by atoms with van der Waals surface area (Å²) in [6.07, 6.45) is 2.58. The number of aromatic nitrogens is 1. The Bertz CT molecular complexity index is 647. The van der Waals surface area contributed by atoms with Gasteiger partial charge in [0, 0.05) is 30.9 Å². The fraction of sp³-hybridized carbons (Fsp3) is 0.267. The Balaban J connectivity index is 2.04. The van der Waals surface area contributed by atoms with E-state index in [1.54, 1.807) is 6.20 Å². The summed E-state index contributed by atoms with van der Waals surface area (Å²) in [6.45, 7) is 2.75. The summed E-state index contributed by atoms with van der Waals surface area (Å²) in [4.78, 5) is 14.3. The van der Waals surface area contributed by atoms with E-state index in [2.05, 4.69) is 10.3 Å². The maximum absolute atomic E-state index is 13.9. The first kappa shape index (κ1) is 15.1. The van der Waals surface area contributed by atoms with Gasteiger partial charge in [-0.05, 0) is 18.1 Å². The number of nitro groups is 1. The number of rotatable bonds is 6. The third-order valence-electron chi connectivity index (χ3n) is 3.23. The van der Waals surface area contributed by atoms with Gasteiger partial charge in [-0.25, -0.2) is 0 Å². The summed E-state index contributed by atoms with van der Waals surface area (Å²) in [5.41, 5.74) is 1.81. The summed E-state index contributed by atoms with van der Waals surface area (Å²) in [7, 11) is 0. The molecule has 0 aliphatic rings. The van der Waals surface area contributed by atoms with E-state index < -0.39 is 16.4 Å². The molecule has 1 heterocycles. The fourth-order valence-corrected chi connectivity index (χ4v) is 2.11. The highest BCUT2D eigenvalue weighted by Gasteiger charge is 2.16. The molecule has 0 atom stereocenters. The van der Waals surface area contributed by atoms with E-state index in [9.17, 15) is 14.5 Å². The lowest BCUT2D eigenvalue weighted by Gasteiger charge is -2.08. The summed E-state index contributed by atoms with van der Waals surface area (Å²) in [6, 6.07) is 8.05. The lowest BCUT2D eigenvalue weighted by molar-refractivity contribution is -0.387. The van der Waals surface area contributed by atoms with Gasteiger partial charge >= 0.3 is 5.69 Å². The van der Waals surface area contributed by atoms with Crippen molar-refractivity contribution in [3.63, 3.8) is 0 Å². The second-order valence-electron chi connectivity index (χ2n) is 4.57. The van der Waals surface area contributed by atoms with Crippen LogP contribution in [0.3, 0.4) is 0 Å². The van der Waals surface area contributed by atoms with Crippen molar-refractivity contribution < 1.29 is 9.31 Å². The average Bonchev–Trinajstić information content (AvgIpc) is 2.49. The Labute approximate surface area is 122 Å². The van der Waals surface area contributed by atoms with Crippen molar-refractivity contribution in [2.24, 2.45) is 0 Å². The number of pyridine rings is 1. The molecule has 0 amide bonds. The van der Waals surface area contributed by atoms with E-state index in [-0.39, 0.29) is 12.1 Å². The van der Waals surface area contributed by atoms with Crippen LogP contribution in [0.5, 0.6) is 0 Å². The smallest absolute Gasteiger partial charge is 0.305 e. The monoisotopic (exact) mass is 289 g/mol. The number of hydrogen-bond donors (Lipinski definition) is 1. The van der Waals surface area contributed by atoms with Crippen molar-refractivity contribution >= 4 is 5.69 Å². The highest BCUT2D eigenvalue weighted by molar-refractivity contribution is 5.36. The van der Waals surface area contributed by atoms with Gasteiger partial charge in [0.05, 0.1) is 10.6 Å². The van der Waals surface area contributed by atoms with Gasteiger partial charge in [-0.3, -0.25) is 15.1 Å². The van der Waals surface area contributed by atoms with Crippen molar-refractivity contribution in [3.05, 3.63) is 69.3 Å². The van der Waals surface area contributed by atoms with E-state index in [0.29, 0.717) is 6.54 Å². The maximum atomic E-state index is 13.9. The van der Waals surface area contributed by atoms with E-state index in [0.717, 1.165) is 23.7 Å². The largest absolute Gasteiger partial charge is 0.307 e. The Hall–Kier alpha value is -2.34. The molecule has 6 heteroatoms. The van der Waals surface area contributed by atoms with Gasteiger partial charge < -0.3 is 5.32 Å². The summed E-state index contributed by atoms with van der Waals surface area (Å²) < 4.78 is 13.9. The summed E-state index contributed by atoms with van der Waals surface area (Å²) in [5.74, 6) is -0.785. The van der Waals surface area contributed by atoms with E-state index in [1.807, 2.05) is 19.1 Å². The van der Waals surface area contributed by atoms with Crippen LogP contribution < -0.4 is 5.32 Å². The summed E-state index contributed by atoms with van der Waals surface area (Å²) >= 11 is 0. The topological polar surface area (TPSA) is 68.1 Å². The van der Waals surface area contributed by atoms with Crippen LogP contribution in [0.15, 0.2) is 36.5 Å². The molecule has 110 valence electrons. The molecule has 2 rings (SSSR count). The molecule has 0 bridgehead atoms. The predicted octanol–water partition coefficient (Wildman–Crippen LogP) is 2.98. The molecular weight excluding hydrogens is 273 g/mol. The number of hydrogen-bond acceptors (Lipinski definition) is 4. The van der Waals surface area contributed by atoms with Gasteiger partial charge in [0.15, 0.2) is 0 Å². The lowest BCUT2D eigenvalue weighted by Crippen LogP contribution is -2.16. The normalized spacial score (nSPS) is 10.6. The SMILES string of the molecule is CCc1cccnc1CNCc1cccc([N+](=O)[O-])c1F. The number of aryl methyl sites for hydroxylation is 1. The first-order valence-corrected chi connectivity index (χ1v) is 6.68. The average molecular weight is 289 g/mol. The highest BCUT2D eigenvalue weighted by atomic mass is 19.1. The molecule has 0 saturated heterocycles. The van der Waals surface area contributed by atoms with Crippen LogP contribution in [-0.4, -0.2) is 9.91 Å². The fourth-order valence-electron chi connectivity index (χ4n) is 2.11. The highest BCUT2D eigenvalue weighted by Crippen LogP contribution is 2.20. The van der Waals surface area contributed by atoms with Crippen molar-refractivity contribution in [1.29, 1.82) is 0 Å². The van der Waals surface area contributed by atoms with Crippen LogP contribution in [0.2, 0.25) is 0 Å². The molecule has 0 radical (unpaired) electrons. The summed E-state index contributed by atoms with van der Waals surface area (Å²) in [5, 5.41) is 13.8. The van der Waals surface area contributed by atoms with Crippen LogP contribution in [0.1, 0.15) is 23.7 Å². The van der Waals surface area contributed by atoms with Crippen LogP contribution in [0.25, 0.3) is 0 Å². The van der Waals surface area contributed by atoms with Crippen molar-refractivity contribution in [2.45, 2.75) is 26.4 Å². The van der Waals surface area contributed by atoms with Crippen molar-refractivity contribution in [1.82, 2.24) is 10.3 Å². The molecule has 21 heavy (non-hydrogen) atoms. The number of nitrogens with zero attached hydrogens (tertiary/aromatic N) is 2. The first-order valence-electron chi connectivity index (χ1n) is 6.68. The Kier molecular flexibility index (Phi) is 4.94. The third kappa shape index (κ3) is 3.61. The van der Waals surface area contributed by atoms with E-state index >= 15 is 0 Å². The molecule has 0 aliphatic carbocycles. The second kappa shape index (κ2) is 6.90. The minimum absolute atomic E-state index is 0.216. The molecular formula is C15H16FN3O2. The Morgan fingerprint density at radius 1 is 1.24 bits per heavy atom. The molecule has 1 aromatic carbocycles. The third-order valence-corrected chi connectivity index (χ3v) is 3.23. The zero-order chi connectivity index (χ0) is 15.2. The van der Waals surface area contributed by atoms with Gasteiger partial charge in [0.25, 0.3) is 0 Å². The minimum atomic E-state index is -0.785. The Morgan fingerprint density at radius 2 is 2.00 bits per heavy atom. The predicted molar refractivity (Wildman–Crippen MR) is 77.2 cm³/mol. The maximum Gasteiger partial charge on any atom is 0.305 e. The van der Waals surface area contributed by atoms with Crippen LogP contribution >= 0.6 is 0 Å². The minimum Gasteiger partial charge on any atom is -0.307 e. The molecule has 2 aromatic rings. The zero-order valence-electron chi connectivity index (χ0n) is 11.7. The van der Waals surface area contributed by atoms with Crippen molar-refractivity contribution in [2.75, 3.05) is 0 Å². The van der Waals surface area contributed by atoms with Crippen LogP contribution in [0, 0.1) is 15.9 Å². The first-order chi connectivity index (χ1) is 10.1. The molecule has 0 aliphatic heterocycles. The molecule has 1 aromatic heterocycles. The number of nitro benzene ring substituents is 1. The molecule has 0 saturated carbocycles. The molecule has 0 fully saturated rings. The zero-order valence-corrected chi connectivity index (χ0v) is 11.7. The second-order valence-corrected chi connectivity index (χ2v) is 4.57. The molecule has 0 spiro atoms. The standard InChI is InChI=1S/C15H16FN3O2/c1-2-11-6-4-8-18-13(11)10-17-9-12-5-3-7-14(15(12)16)19(20)21/h3-8,17H,2,9-10H2,1H3. The number of nitrogens with one attached hydrogen (secondary N) is 1. The van der Waals surface area contributed by atoms with Crippen molar-refractivity contribution in [3.8, 4) is 0 Å². The lowest BCUT2D eigenvalue weighted by atomic mass is 10.1. The van der Waals surface area contributed by atoms with Crippen LogP contribution in [0.4, 0.5) is 10.1 Å². The Morgan fingerprint density at radius 3 is 2.71 bits per heavy atom. The van der Waals surface area contributed by atoms with Crippen LogP contribution in [-0.2, 0) is 19.5 Å². The van der Waals surface area contributed by atoms with Gasteiger partial charge in [-0.2, -0.15) is 4.39 Å². The van der Waals surface area contributed by atoms with Gasteiger partial charge in [0.1, 0.15) is 0 Å². The van der Waals surface area contributed by atoms with Gasteiger partial charge in [0.2, 0.25) is 5.82 Å². The van der Waals surface area contributed by atoms with Gasteiger partial charge in [-0.15, -0.1) is 0 Å². The van der Waals surface area contributed by atoms with E-state index in [1.165, 1.54) is 12.1 Å². The number of benzene rings is 1. The quantitative estimate of drug-likeness (QED) is 0.655. The molecule has 1 N–H and O–H groups in total. The van der Waals surface area contributed by atoms with E-state index in [4.69, 9.17) is 0 Å². The molecule has 0 unspecified atom stereocenters. The number of halogens is 1. The van der Waals surface area contributed by atoms with Gasteiger partial charge in [-0.1, -0.05) is 25.1 Å². The molecule has 5 nitrogen and oxygen atoms in total.